The Bertz CT molecular complexity index is 126. The topological polar surface area (TPSA) is 26.3 Å². The summed E-state index contributed by atoms with van der Waals surface area (Å²) < 4.78 is 5.01. The monoisotopic (exact) mass is 236 g/mol. The molecule has 0 bridgehead atoms. The molecule has 0 aliphatic carbocycles. The molecular formula is C9H17BrO2. The molecule has 1 atom stereocenters. The van der Waals surface area contributed by atoms with E-state index in [0.29, 0.717) is 6.61 Å². The Hall–Kier alpha value is -0.0500. The van der Waals surface area contributed by atoms with Crippen molar-refractivity contribution in [1.82, 2.24) is 0 Å². The molecule has 12 heavy (non-hydrogen) atoms. The summed E-state index contributed by atoms with van der Waals surface area (Å²) in [5, 5.41) is 0. The molecule has 2 nitrogen and oxygen atoms in total. The SMILES string of the molecule is CCCCOC(=O)C(Br)CCC. The molecule has 0 aromatic heterocycles. The summed E-state index contributed by atoms with van der Waals surface area (Å²) in [6.45, 7) is 4.68. The number of alkyl halides is 1. The minimum atomic E-state index is -0.120. The zero-order valence-electron chi connectivity index (χ0n) is 7.81. The van der Waals surface area contributed by atoms with Crippen LogP contribution in [0.1, 0.15) is 39.5 Å². The first-order chi connectivity index (χ1) is 5.72. The predicted molar refractivity (Wildman–Crippen MR) is 53.5 cm³/mol. The van der Waals surface area contributed by atoms with Gasteiger partial charge in [0.25, 0.3) is 0 Å². The van der Waals surface area contributed by atoms with Gasteiger partial charge in [-0.15, -0.1) is 0 Å². The maximum absolute atomic E-state index is 11.1. The Kier molecular flexibility index (Phi) is 7.56. The van der Waals surface area contributed by atoms with Gasteiger partial charge in [-0.3, -0.25) is 4.79 Å². The van der Waals surface area contributed by atoms with Crippen molar-refractivity contribution in [2.75, 3.05) is 6.61 Å². The van der Waals surface area contributed by atoms with E-state index in [9.17, 15) is 4.79 Å². The second kappa shape index (κ2) is 7.59. The quantitative estimate of drug-likeness (QED) is 0.403. The van der Waals surface area contributed by atoms with Crippen LogP contribution in [0.4, 0.5) is 0 Å². The van der Waals surface area contributed by atoms with Crippen molar-refractivity contribution < 1.29 is 9.53 Å². The lowest BCUT2D eigenvalue weighted by Gasteiger charge is -2.07. The Morgan fingerprint density at radius 1 is 1.42 bits per heavy atom. The highest BCUT2D eigenvalue weighted by Crippen LogP contribution is 2.09. The first-order valence-corrected chi connectivity index (χ1v) is 5.44. The Morgan fingerprint density at radius 3 is 2.58 bits per heavy atom. The zero-order chi connectivity index (χ0) is 9.40. The summed E-state index contributed by atoms with van der Waals surface area (Å²) in [6, 6.07) is 0. The zero-order valence-corrected chi connectivity index (χ0v) is 9.39. The van der Waals surface area contributed by atoms with E-state index < -0.39 is 0 Å². The predicted octanol–water partition coefficient (Wildman–Crippen LogP) is 2.89. The third-order valence-electron chi connectivity index (χ3n) is 1.54. The van der Waals surface area contributed by atoms with Gasteiger partial charge in [0.1, 0.15) is 4.83 Å². The van der Waals surface area contributed by atoms with Crippen molar-refractivity contribution in [1.29, 1.82) is 0 Å². The molecular weight excluding hydrogens is 220 g/mol. The average Bonchev–Trinajstić information content (AvgIpc) is 2.05. The first kappa shape index (κ1) is 11.9. The van der Waals surface area contributed by atoms with Crippen LogP contribution in [-0.4, -0.2) is 17.4 Å². The molecule has 0 radical (unpaired) electrons. The summed E-state index contributed by atoms with van der Waals surface area (Å²) in [6.07, 6.45) is 3.87. The van der Waals surface area contributed by atoms with Crippen LogP contribution in [0.3, 0.4) is 0 Å². The average molecular weight is 237 g/mol. The molecule has 0 spiro atoms. The van der Waals surface area contributed by atoms with Crippen LogP contribution in [-0.2, 0) is 9.53 Å². The van der Waals surface area contributed by atoms with E-state index in [1.54, 1.807) is 0 Å². The van der Waals surface area contributed by atoms with Gasteiger partial charge in [0.2, 0.25) is 0 Å². The van der Waals surface area contributed by atoms with E-state index in [1.807, 2.05) is 6.92 Å². The Labute approximate surface area is 82.8 Å². The number of carbonyl (C=O) groups excluding carboxylic acids is 1. The van der Waals surface area contributed by atoms with Crippen LogP contribution < -0.4 is 0 Å². The third kappa shape index (κ3) is 5.58. The van der Waals surface area contributed by atoms with Crippen LogP contribution >= 0.6 is 15.9 Å². The van der Waals surface area contributed by atoms with Gasteiger partial charge in [-0.2, -0.15) is 0 Å². The smallest absolute Gasteiger partial charge is 0.319 e. The number of unbranched alkanes of at least 4 members (excludes halogenated alkanes) is 1. The normalized spacial score (nSPS) is 12.6. The lowest BCUT2D eigenvalue weighted by Crippen LogP contribution is -2.17. The number of hydrogen-bond donors (Lipinski definition) is 0. The fourth-order valence-corrected chi connectivity index (χ4v) is 1.37. The highest BCUT2D eigenvalue weighted by Gasteiger charge is 2.14. The molecule has 0 amide bonds. The summed E-state index contributed by atoms with van der Waals surface area (Å²) in [7, 11) is 0. The van der Waals surface area contributed by atoms with Crippen LogP contribution in [0, 0.1) is 0 Å². The van der Waals surface area contributed by atoms with Crippen molar-refractivity contribution >= 4 is 21.9 Å². The number of carbonyl (C=O) groups is 1. The van der Waals surface area contributed by atoms with Gasteiger partial charge in [0.05, 0.1) is 6.61 Å². The van der Waals surface area contributed by atoms with Gasteiger partial charge in [-0.05, 0) is 12.8 Å². The number of ether oxygens (including phenoxy) is 1. The van der Waals surface area contributed by atoms with E-state index in [1.165, 1.54) is 0 Å². The van der Waals surface area contributed by atoms with Crippen LogP contribution in [0.25, 0.3) is 0 Å². The van der Waals surface area contributed by atoms with E-state index in [0.717, 1.165) is 25.7 Å². The molecule has 0 fully saturated rings. The lowest BCUT2D eigenvalue weighted by molar-refractivity contribution is -0.143. The van der Waals surface area contributed by atoms with Crippen molar-refractivity contribution in [3.8, 4) is 0 Å². The van der Waals surface area contributed by atoms with Crippen molar-refractivity contribution in [3.63, 3.8) is 0 Å². The molecule has 72 valence electrons. The molecule has 0 aromatic rings. The summed E-state index contributed by atoms with van der Waals surface area (Å²) in [5.41, 5.74) is 0. The number of rotatable bonds is 6. The highest BCUT2D eigenvalue weighted by molar-refractivity contribution is 9.10. The number of halogens is 1. The van der Waals surface area contributed by atoms with Crippen LogP contribution in [0.2, 0.25) is 0 Å². The molecule has 0 rings (SSSR count). The second-order valence-corrected chi connectivity index (χ2v) is 3.88. The minimum absolute atomic E-state index is 0.112. The molecule has 1 unspecified atom stereocenters. The summed E-state index contributed by atoms with van der Waals surface area (Å²) in [5.74, 6) is -0.120. The van der Waals surface area contributed by atoms with Crippen LogP contribution in [0.15, 0.2) is 0 Å². The molecule has 0 N–H and O–H groups in total. The van der Waals surface area contributed by atoms with E-state index >= 15 is 0 Å². The van der Waals surface area contributed by atoms with Gasteiger partial charge >= 0.3 is 5.97 Å². The van der Waals surface area contributed by atoms with E-state index in [2.05, 4.69) is 22.9 Å². The fourth-order valence-electron chi connectivity index (χ4n) is 0.779. The largest absolute Gasteiger partial charge is 0.465 e. The van der Waals surface area contributed by atoms with Gasteiger partial charge < -0.3 is 4.74 Å². The maximum atomic E-state index is 11.1. The Morgan fingerprint density at radius 2 is 2.08 bits per heavy atom. The van der Waals surface area contributed by atoms with E-state index in [4.69, 9.17) is 4.74 Å². The molecule has 3 heteroatoms. The maximum Gasteiger partial charge on any atom is 0.319 e. The fraction of sp³-hybridized carbons (Fsp3) is 0.889. The van der Waals surface area contributed by atoms with Gasteiger partial charge in [-0.25, -0.2) is 0 Å². The third-order valence-corrected chi connectivity index (χ3v) is 2.37. The number of hydrogen-bond acceptors (Lipinski definition) is 2. The summed E-state index contributed by atoms with van der Waals surface area (Å²) >= 11 is 3.28. The first-order valence-electron chi connectivity index (χ1n) is 4.53. The molecule has 0 aliphatic heterocycles. The van der Waals surface area contributed by atoms with Crippen molar-refractivity contribution in [2.45, 2.75) is 44.4 Å². The van der Waals surface area contributed by atoms with Gasteiger partial charge in [0.15, 0.2) is 0 Å². The summed E-state index contributed by atoms with van der Waals surface area (Å²) in [4.78, 5) is 11.0. The van der Waals surface area contributed by atoms with Crippen molar-refractivity contribution in [3.05, 3.63) is 0 Å². The standard InChI is InChI=1S/C9H17BrO2/c1-3-5-7-12-9(11)8(10)6-4-2/h8H,3-7H2,1-2H3. The van der Waals surface area contributed by atoms with Crippen molar-refractivity contribution in [2.24, 2.45) is 0 Å². The second-order valence-electron chi connectivity index (χ2n) is 2.78. The molecule has 0 heterocycles. The Balaban J connectivity index is 3.43. The molecule has 0 saturated heterocycles. The van der Waals surface area contributed by atoms with Gasteiger partial charge in [0, 0.05) is 0 Å². The highest BCUT2D eigenvalue weighted by atomic mass is 79.9. The molecule has 0 aromatic carbocycles. The minimum Gasteiger partial charge on any atom is -0.465 e. The molecule has 0 aliphatic rings. The van der Waals surface area contributed by atoms with E-state index in [-0.39, 0.29) is 10.8 Å². The number of esters is 1. The van der Waals surface area contributed by atoms with Gasteiger partial charge in [-0.1, -0.05) is 42.6 Å². The van der Waals surface area contributed by atoms with Crippen LogP contribution in [0.5, 0.6) is 0 Å². The lowest BCUT2D eigenvalue weighted by atomic mass is 10.2. The molecule has 0 saturated carbocycles.